The van der Waals surface area contributed by atoms with Gasteiger partial charge in [-0.15, -0.1) is 0 Å². The van der Waals surface area contributed by atoms with Crippen LogP contribution in [0.1, 0.15) is 16.1 Å². The van der Waals surface area contributed by atoms with E-state index in [-0.39, 0.29) is 11.5 Å². The SMILES string of the molecule is Nc1nc(-c2ccccc2)c(-c2ccc3ncccc3c2)nc1C(=O)NCc1cccnc1. The highest BCUT2D eigenvalue weighted by atomic mass is 16.1. The van der Waals surface area contributed by atoms with Gasteiger partial charge < -0.3 is 11.1 Å². The minimum atomic E-state index is -0.396. The van der Waals surface area contributed by atoms with Gasteiger partial charge in [0.15, 0.2) is 11.5 Å². The number of anilines is 1. The lowest BCUT2D eigenvalue weighted by Crippen LogP contribution is -2.26. The monoisotopic (exact) mass is 432 g/mol. The van der Waals surface area contributed by atoms with Crippen molar-refractivity contribution in [3.8, 4) is 22.5 Å². The number of carbonyl (C=O) groups excluding carboxylic acids is 1. The van der Waals surface area contributed by atoms with Crippen LogP contribution in [0.5, 0.6) is 0 Å². The lowest BCUT2D eigenvalue weighted by Gasteiger charge is -2.13. The molecule has 0 spiro atoms. The Morgan fingerprint density at radius 2 is 1.67 bits per heavy atom. The summed E-state index contributed by atoms with van der Waals surface area (Å²) in [6.45, 7) is 0.311. The number of aromatic nitrogens is 4. The van der Waals surface area contributed by atoms with Crippen molar-refractivity contribution < 1.29 is 4.79 Å². The fraction of sp³-hybridized carbons (Fsp3) is 0.0385. The Morgan fingerprint density at radius 3 is 2.48 bits per heavy atom. The molecule has 5 rings (SSSR count). The molecule has 0 aliphatic rings. The van der Waals surface area contributed by atoms with Crippen molar-refractivity contribution in [1.29, 1.82) is 0 Å². The Bertz CT molecular complexity index is 1440. The maximum Gasteiger partial charge on any atom is 0.274 e. The van der Waals surface area contributed by atoms with Crippen molar-refractivity contribution in [2.75, 3.05) is 5.73 Å². The number of nitrogens with zero attached hydrogens (tertiary/aromatic N) is 4. The van der Waals surface area contributed by atoms with Crippen LogP contribution in [0.4, 0.5) is 5.82 Å². The normalized spacial score (nSPS) is 10.8. The van der Waals surface area contributed by atoms with E-state index in [9.17, 15) is 4.79 Å². The molecule has 0 atom stereocenters. The second-order valence-corrected chi connectivity index (χ2v) is 7.48. The summed E-state index contributed by atoms with van der Waals surface area (Å²) in [5.41, 5.74) is 10.9. The Hall–Kier alpha value is -4.65. The highest BCUT2D eigenvalue weighted by Crippen LogP contribution is 2.32. The van der Waals surface area contributed by atoms with E-state index in [0.717, 1.165) is 27.6 Å². The summed E-state index contributed by atoms with van der Waals surface area (Å²) < 4.78 is 0. The van der Waals surface area contributed by atoms with Crippen LogP contribution >= 0.6 is 0 Å². The van der Waals surface area contributed by atoms with Gasteiger partial charge in [0.2, 0.25) is 0 Å². The molecule has 0 aliphatic heterocycles. The van der Waals surface area contributed by atoms with Gasteiger partial charge in [-0.2, -0.15) is 0 Å². The molecule has 0 bridgehead atoms. The van der Waals surface area contributed by atoms with E-state index in [1.54, 1.807) is 18.6 Å². The molecule has 7 nitrogen and oxygen atoms in total. The zero-order valence-corrected chi connectivity index (χ0v) is 17.6. The minimum absolute atomic E-state index is 0.0729. The number of pyridine rings is 2. The largest absolute Gasteiger partial charge is 0.382 e. The van der Waals surface area contributed by atoms with Gasteiger partial charge in [-0.05, 0) is 29.8 Å². The van der Waals surface area contributed by atoms with E-state index in [4.69, 9.17) is 10.7 Å². The summed E-state index contributed by atoms with van der Waals surface area (Å²) in [5.74, 6) is -0.323. The van der Waals surface area contributed by atoms with Gasteiger partial charge in [-0.1, -0.05) is 48.5 Å². The van der Waals surface area contributed by atoms with Gasteiger partial charge in [0.25, 0.3) is 5.91 Å². The fourth-order valence-corrected chi connectivity index (χ4v) is 3.61. The number of fused-ring (bicyclic) bond motifs is 1. The highest BCUT2D eigenvalue weighted by Gasteiger charge is 2.20. The third-order valence-electron chi connectivity index (χ3n) is 5.24. The van der Waals surface area contributed by atoms with Crippen LogP contribution in [0.2, 0.25) is 0 Å². The van der Waals surface area contributed by atoms with Gasteiger partial charge in [0, 0.05) is 41.6 Å². The van der Waals surface area contributed by atoms with Crippen molar-refractivity contribution in [1.82, 2.24) is 25.3 Å². The average Bonchev–Trinajstić information content (AvgIpc) is 2.88. The molecule has 0 radical (unpaired) electrons. The summed E-state index contributed by atoms with van der Waals surface area (Å²) in [5, 5.41) is 3.82. The van der Waals surface area contributed by atoms with Crippen LogP contribution in [0.25, 0.3) is 33.4 Å². The first-order chi connectivity index (χ1) is 16.2. The van der Waals surface area contributed by atoms with E-state index < -0.39 is 5.91 Å². The smallest absolute Gasteiger partial charge is 0.274 e. The second-order valence-electron chi connectivity index (χ2n) is 7.48. The lowest BCUT2D eigenvalue weighted by atomic mass is 10.0. The van der Waals surface area contributed by atoms with E-state index in [2.05, 4.69) is 20.3 Å². The molecule has 3 N–H and O–H groups in total. The molecular formula is C26H20N6O. The number of rotatable bonds is 5. The molecule has 160 valence electrons. The number of nitrogens with two attached hydrogens (primary N) is 1. The van der Waals surface area contributed by atoms with Crippen molar-refractivity contribution >= 4 is 22.6 Å². The zero-order valence-electron chi connectivity index (χ0n) is 17.6. The van der Waals surface area contributed by atoms with Crippen LogP contribution in [-0.4, -0.2) is 25.8 Å². The molecule has 3 heterocycles. The van der Waals surface area contributed by atoms with Gasteiger partial charge in [0.05, 0.1) is 16.9 Å². The Morgan fingerprint density at radius 1 is 0.848 bits per heavy atom. The Labute approximate surface area is 190 Å². The molecule has 2 aromatic carbocycles. The Kier molecular flexibility index (Phi) is 5.43. The van der Waals surface area contributed by atoms with Gasteiger partial charge in [0.1, 0.15) is 0 Å². The third kappa shape index (κ3) is 4.24. The first-order valence-corrected chi connectivity index (χ1v) is 10.4. The third-order valence-corrected chi connectivity index (χ3v) is 5.24. The maximum atomic E-state index is 13.0. The number of nitrogen functional groups attached to an aromatic ring is 1. The molecular weight excluding hydrogens is 412 g/mol. The van der Waals surface area contributed by atoms with E-state index >= 15 is 0 Å². The highest BCUT2D eigenvalue weighted by molar-refractivity contribution is 5.98. The van der Waals surface area contributed by atoms with Crippen LogP contribution in [0.15, 0.2) is 91.4 Å². The van der Waals surface area contributed by atoms with Gasteiger partial charge >= 0.3 is 0 Å². The first-order valence-electron chi connectivity index (χ1n) is 10.4. The Balaban J connectivity index is 1.59. The summed E-state index contributed by atoms with van der Waals surface area (Å²) >= 11 is 0. The van der Waals surface area contributed by atoms with Crippen molar-refractivity contribution in [3.63, 3.8) is 0 Å². The molecule has 3 aromatic heterocycles. The number of benzene rings is 2. The standard InChI is InChI=1S/C26H20N6O/c27-25-24(26(33)30-16-17-6-4-12-28-15-17)31-23(22(32-25)18-7-2-1-3-8-18)20-10-11-21-19(14-20)9-5-13-29-21/h1-15H,16H2,(H2,27,32)(H,30,33). The van der Waals surface area contributed by atoms with Crippen LogP contribution in [0, 0.1) is 0 Å². The van der Waals surface area contributed by atoms with Crippen LogP contribution < -0.4 is 11.1 Å². The maximum absolute atomic E-state index is 13.0. The second kappa shape index (κ2) is 8.84. The van der Waals surface area contributed by atoms with Gasteiger partial charge in [-0.3, -0.25) is 14.8 Å². The van der Waals surface area contributed by atoms with Crippen molar-refractivity contribution in [2.45, 2.75) is 6.54 Å². The minimum Gasteiger partial charge on any atom is -0.382 e. The predicted molar refractivity (Wildman–Crippen MR) is 128 cm³/mol. The van der Waals surface area contributed by atoms with Crippen LogP contribution in [0.3, 0.4) is 0 Å². The van der Waals surface area contributed by atoms with Crippen molar-refractivity contribution in [3.05, 3.63) is 103 Å². The molecule has 1 amide bonds. The molecule has 7 heteroatoms. The summed E-state index contributed by atoms with van der Waals surface area (Å²) in [4.78, 5) is 30.7. The fourth-order valence-electron chi connectivity index (χ4n) is 3.61. The molecule has 0 fully saturated rings. The molecule has 0 saturated heterocycles. The number of amides is 1. The van der Waals surface area contributed by atoms with E-state index in [1.165, 1.54) is 0 Å². The number of carbonyl (C=O) groups is 1. The average molecular weight is 432 g/mol. The first kappa shape index (κ1) is 20.3. The summed E-state index contributed by atoms with van der Waals surface area (Å²) in [6.07, 6.45) is 5.13. The van der Waals surface area contributed by atoms with E-state index in [0.29, 0.717) is 17.9 Å². The number of hydrogen-bond donors (Lipinski definition) is 2. The molecule has 0 saturated carbocycles. The number of hydrogen-bond acceptors (Lipinski definition) is 6. The quantitative estimate of drug-likeness (QED) is 0.430. The van der Waals surface area contributed by atoms with E-state index in [1.807, 2.05) is 72.8 Å². The number of nitrogens with one attached hydrogen (secondary N) is 1. The molecule has 33 heavy (non-hydrogen) atoms. The predicted octanol–water partition coefficient (Wildman–Crippen LogP) is 4.27. The van der Waals surface area contributed by atoms with Crippen molar-refractivity contribution in [2.24, 2.45) is 0 Å². The zero-order chi connectivity index (χ0) is 22.6. The van der Waals surface area contributed by atoms with Crippen LogP contribution in [-0.2, 0) is 6.54 Å². The molecule has 0 aliphatic carbocycles. The molecule has 0 unspecified atom stereocenters. The molecule has 5 aromatic rings. The van der Waals surface area contributed by atoms with Gasteiger partial charge in [-0.25, -0.2) is 9.97 Å². The summed E-state index contributed by atoms with van der Waals surface area (Å²) in [6, 6.07) is 23.1. The lowest BCUT2D eigenvalue weighted by molar-refractivity contribution is 0.0946. The summed E-state index contributed by atoms with van der Waals surface area (Å²) in [7, 11) is 0. The topological polar surface area (TPSA) is 107 Å².